The highest BCUT2D eigenvalue weighted by Crippen LogP contribution is 2.39. The highest BCUT2D eigenvalue weighted by molar-refractivity contribution is 5.78. The lowest BCUT2D eigenvalue weighted by atomic mass is 9.79. The molecule has 1 aliphatic carbocycles. The van der Waals surface area contributed by atoms with Crippen LogP contribution in [0.5, 0.6) is 0 Å². The summed E-state index contributed by atoms with van der Waals surface area (Å²) in [6.07, 6.45) is 6.19. The summed E-state index contributed by atoms with van der Waals surface area (Å²) in [7, 11) is 0. The Morgan fingerprint density at radius 1 is 1.20 bits per heavy atom. The Hall–Kier alpha value is -1.39. The van der Waals surface area contributed by atoms with Crippen LogP contribution < -0.4 is 5.32 Å². The van der Waals surface area contributed by atoms with Gasteiger partial charge in [-0.1, -0.05) is 29.8 Å². The van der Waals surface area contributed by atoms with E-state index in [2.05, 4.69) is 46.3 Å². The van der Waals surface area contributed by atoms with Gasteiger partial charge in [-0.3, -0.25) is 14.6 Å². The molecule has 3 fully saturated rings. The van der Waals surface area contributed by atoms with Gasteiger partial charge in [-0.25, -0.2) is 0 Å². The monoisotopic (exact) mass is 341 g/mol. The first-order chi connectivity index (χ1) is 12.1. The number of carbonyl (C=O) groups excluding carboxylic acids is 1. The van der Waals surface area contributed by atoms with E-state index in [-0.39, 0.29) is 5.91 Å². The van der Waals surface area contributed by atoms with Gasteiger partial charge < -0.3 is 5.32 Å². The van der Waals surface area contributed by atoms with Crippen LogP contribution in [0.25, 0.3) is 0 Å². The molecule has 25 heavy (non-hydrogen) atoms. The zero-order valence-electron chi connectivity index (χ0n) is 15.5. The third-order valence-corrected chi connectivity index (χ3v) is 6.06. The Morgan fingerprint density at radius 3 is 2.84 bits per heavy atom. The number of hydrogen-bond acceptors (Lipinski definition) is 3. The van der Waals surface area contributed by atoms with Crippen LogP contribution in [0.3, 0.4) is 0 Å². The fourth-order valence-electron chi connectivity index (χ4n) is 4.71. The van der Waals surface area contributed by atoms with Crippen LogP contribution in [0.15, 0.2) is 24.3 Å². The highest BCUT2D eigenvalue weighted by Gasteiger charge is 2.41. The van der Waals surface area contributed by atoms with E-state index in [9.17, 15) is 4.79 Å². The summed E-state index contributed by atoms with van der Waals surface area (Å²) < 4.78 is 0. The molecule has 4 nitrogen and oxygen atoms in total. The zero-order chi connectivity index (χ0) is 17.3. The molecule has 2 aliphatic heterocycles. The van der Waals surface area contributed by atoms with Gasteiger partial charge in [0.2, 0.25) is 5.91 Å². The van der Waals surface area contributed by atoms with Crippen LogP contribution in [-0.2, 0) is 11.3 Å². The number of rotatable bonds is 5. The van der Waals surface area contributed by atoms with Gasteiger partial charge in [0, 0.05) is 25.7 Å². The van der Waals surface area contributed by atoms with Crippen LogP contribution in [0, 0.1) is 12.3 Å². The molecule has 1 N–H and O–H groups in total. The van der Waals surface area contributed by atoms with E-state index in [1.807, 2.05) is 0 Å². The van der Waals surface area contributed by atoms with E-state index in [1.165, 1.54) is 56.3 Å². The molecule has 4 heteroatoms. The Labute approximate surface area is 151 Å². The van der Waals surface area contributed by atoms with Crippen molar-refractivity contribution in [2.45, 2.75) is 51.6 Å². The molecule has 1 spiro atoms. The standard InChI is InChI=1S/C21H31N3O/c1-17-4-2-5-18(12-17)13-23-10-3-8-21(15-23)9-11-24(16-21)14-20(25)22-19-6-7-19/h2,4-5,12,19H,3,6-11,13-16H2,1H3,(H,22,25)/t21-/m0/s1. The number of piperidine rings is 1. The first kappa shape index (κ1) is 17.0. The molecule has 0 radical (unpaired) electrons. The Kier molecular flexibility index (Phi) is 4.83. The smallest absolute Gasteiger partial charge is 0.234 e. The van der Waals surface area contributed by atoms with Crippen molar-refractivity contribution in [2.24, 2.45) is 5.41 Å². The summed E-state index contributed by atoms with van der Waals surface area (Å²) in [6.45, 7) is 8.38. The minimum absolute atomic E-state index is 0.229. The molecule has 1 atom stereocenters. The Morgan fingerprint density at radius 2 is 2.04 bits per heavy atom. The minimum Gasteiger partial charge on any atom is -0.352 e. The van der Waals surface area contributed by atoms with Gasteiger partial charge in [0.1, 0.15) is 0 Å². The summed E-state index contributed by atoms with van der Waals surface area (Å²) in [5.74, 6) is 0.229. The predicted octanol–water partition coefficient (Wildman–Crippen LogP) is 2.56. The lowest BCUT2D eigenvalue weighted by Gasteiger charge is -2.40. The molecule has 2 saturated heterocycles. The van der Waals surface area contributed by atoms with E-state index in [0.29, 0.717) is 18.0 Å². The number of benzene rings is 1. The Balaban J connectivity index is 1.31. The highest BCUT2D eigenvalue weighted by atomic mass is 16.2. The van der Waals surface area contributed by atoms with Gasteiger partial charge >= 0.3 is 0 Å². The summed E-state index contributed by atoms with van der Waals surface area (Å²) in [5, 5.41) is 3.13. The van der Waals surface area contributed by atoms with E-state index in [0.717, 1.165) is 19.6 Å². The number of likely N-dealkylation sites (tertiary alicyclic amines) is 2. The molecule has 3 aliphatic rings. The normalized spacial score (nSPS) is 27.7. The average molecular weight is 341 g/mol. The number of hydrogen-bond donors (Lipinski definition) is 1. The Bertz CT molecular complexity index is 627. The second kappa shape index (κ2) is 7.08. The van der Waals surface area contributed by atoms with Crippen LogP contribution in [-0.4, -0.2) is 54.5 Å². The number of nitrogens with zero attached hydrogens (tertiary/aromatic N) is 2. The third kappa shape index (κ3) is 4.42. The van der Waals surface area contributed by atoms with Crippen LogP contribution in [0.4, 0.5) is 0 Å². The van der Waals surface area contributed by atoms with Gasteiger partial charge in [0.05, 0.1) is 6.54 Å². The van der Waals surface area contributed by atoms with Crippen molar-refractivity contribution in [3.05, 3.63) is 35.4 Å². The minimum atomic E-state index is 0.229. The first-order valence-corrected chi connectivity index (χ1v) is 9.90. The molecule has 0 aromatic heterocycles. The number of amides is 1. The molecule has 2 heterocycles. The SMILES string of the molecule is Cc1cccc(CN2CCC[C@]3(CCN(CC(=O)NC4CC4)C3)C2)c1. The molecule has 136 valence electrons. The quantitative estimate of drug-likeness (QED) is 0.894. The van der Waals surface area contributed by atoms with Crippen molar-refractivity contribution in [1.82, 2.24) is 15.1 Å². The van der Waals surface area contributed by atoms with Crippen molar-refractivity contribution >= 4 is 5.91 Å². The van der Waals surface area contributed by atoms with Gasteiger partial charge in [0.15, 0.2) is 0 Å². The largest absolute Gasteiger partial charge is 0.352 e. The average Bonchev–Trinajstić information content (AvgIpc) is 3.29. The summed E-state index contributed by atoms with van der Waals surface area (Å²) >= 11 is 0. The maximum atomic E-state index is 12.1. The molecule has 1 saturated carbocycles. The zero-order valence-corrected chi connectivity index (χ0v) is 15.5. The van der Waals surface area contributed by atoms with Gasteiger partial charge in [-0.05, 0) is 63.1 Å². The number of carbonyl (C=O) groups is 1. The second-order valence-electron chi connectivity index (χ2n) is 8.61. The summed E-state index contributed by atoms with van der Waals surface area (Å²) in [5.41, 5.74) is 3.18. The van der Waals surface area contributed by atoms with E-state index in [4.69, 9.17) is 0 Å². The lowest BCUT2D eigenvalue weighted by molar-refractivity contribution is -0.122. The predicted molar refractivity (Wildman–Crippen MR) is 100 cm³/mol. The van der Waals surface area contributed by atoms with E-state index >= 15 is 0 Å². The molecule has 0 bridgehead atoms. The second-order valence-corrected chi connectivity index (χ2v) is 8.61. The van der Waals surface area contributed by atoms with Gasteiger partial charge in [-0.15, -0.1) is 0 Å². The molecule has 1 aromatic carbocycles. The molecule has 0 unspecified atom stereocenters. The summed E-state index contributed by atoms with van der Waals surface area (Å²) in [6, 6.07) is 9.37. The van der Waals surface area contributed by atoms with Gasteiger partial charge in [-0.2, -0.15) is 0 Å². The molecular weight excluding hydrogens is 310 g/mol. The lowest BCUT2D eigenvalue weighted by Crippen LogP contribution is -2.45. The number of nitrogens with one attached hydrogen (secondary N) is 1. The molecule has 4 rings (SSSR count). The molecule has 1 aromatic rings. The topological polar surface area (TPSA) is 35.6 Å². The van der Waals surface area contributed by atoms with Crippen molar-refractivity contribution < 1.29 is 4.79 Å². The van der Waals surface area contributed by atoms with Gasteiger partial charge in [0.25, 0.3) is 0 Å². The maximum absolute atomic E-state index is 12.1. The van der Waals surface area contributed by atoms with Crippen LogP contribution >= 0.6 is 0 Å². The van der Waals surface area contributed by atoms with Crippen molar-refractivity contribution in [2.75, 3.05) is 32.7 Å². The fraction of sp³-hybridized carbons (Fsp3) is 0.667. The van der Waals surface area contributed by atoms with Crippen molar-refractivity contribution in [3.63, 3.8) is 0 Å². The molecular formula is C21H31N3O. The molecule has 1 amide bonds. The van der Waals surface area contributed by atoms with Crippen molar-refractivity contribution in [3.8, 4) is 0 Å². The van der Waals surface area contributed by atoms with E-state index < -0.39 is 0 Å². The number of aryl methyl sites for hydroxylation is 1. The fourth-order valence-corrected chi connectivity index (χ4v) is 4.71. The van der Waals surface area contributed by atoms with Crippen LogP contribution in [0.1, 0.15) is 43.2 Å². The first-order valence-electron chi connectivity index (χ1n) is 9.90. The summed E-state index contributed by atoms with van der Waals surface area (Å²) in [4.78, 5) is 17.1. The van der Waals surface area contributed by atoms with E-state index in [1.54, 1.807) is 0 Å². The van der Waals surface area contributed by atoms with Crippen LogP contribution in [0.2, 0.25) is 0 Å². The maximum Gasteiger partial charge on any atom is 0.234 e. The third-order valence-electron chi connectivity index (χ3n) is 6.06. The van der Waals surface area contributed by atoms with Crippen molar-refractivity contribution in [1.29, 1.82) is 0 Å².